The Morgan fingerprint density at radius 3 is 2.53 bits per heavy atom. The molecule has 0 radical (unpaired) electrons. The molecule has 0 spiro atoms. The summed E-state index contributed by atoms with van der Waals surface area (Å²) in [4.78, 5) is 2.17. The van der Waals surface area contributed by atoms with Gasteiger partial charge in [-0.2, -0.15) is 0 Å². The third-order valence-corrected chi connectivity index (χ3v) is 4.51. The average Bonchev–Trinajstić information content (AvgIpc) is 2.90. The SMILES string of the molecule is CN(C)c1ccc([C@@H]2CC[C@H]3C=CC[C@H]32)cc1. The van der Waals surface area contributed by atoms with Crippen LogP contribution in [-0.4, -0.2) is 14.1 Å². The van der Waals surface area contributed by atoms with Crippen LogP contribution in [0.4, 0.5) is 5.69 Å². The van der Waals surface area contributed by atoms with Crippen LogP contribution in [0.25, 0.3) is 0 Å². The van der Waals surface area contributed by atoms with Gasteiger partial charge in [-0.1, -0.05) is 24.3 Å². The van der Waals surface area contributed by atoms with Gasteiger partial charge in [-0.25, -0.2) is 0 Å². The maximum atomic E-state index is 2.44. The Kier molecular flexibility index (Phi) is 2.70. The van der Waals surface area contributed by atoms with E-state index in [0.29, 0.717) is 0 Å². The van der Waals surface area contributed by atoms with Crippen molar-refractivity contribution < 1.29 is 0 Å². The van der Waals surface area contributed by atoms with Gasteiger partial charge in [0.15, 0.2) is 0 Å². The summed E-state index contributed by atoms with van der Waals surface area (Å²) in [5.74, 6) is 2.56. The Balaban J connectivity index is 1.80. The maximum absolute atomic E-state index is 2.44. The molecule has 1 heteroatoms. The van der Waals surface area contributed by atoms with Gasteiger partial charge in [0, 0.05) is 19.8 Å². The lowest BCUT2D eigenvalue weighted by Gasteiger charge is -2.20. The summed E-state index contributed by atoms with van der Waals surface area (Å²) in [6, 6.07) is 9.18. The van der Waals surface area contributed by atoms with Gasteiger partial charge >= 0.3 is 0 Å². The molecule has 1 nitrogen and oxygen atoms in total. The normalized spacial score (nSPS) is 30.6. The molecule has 3 rings (SSSR count). The predicted molar refractivity (Wildman–Crippen MR) is 73.5 cm³/mol. The Labute approximate surface area is 104 Å². The van der Waals surface area contributed by atoms with Crippen molar-refractivity contribution in [1.29, 1.82) is 0 Å². The first-order valence-electron chi connectivity index (χ1n) is 6.69. The lowest BCUT2D eigenvalue weighted by atomic mass is 9.86. The summed E-state index contributed by atoms with van der Waals surface area (Å²) in [7, 11) is 4.20. The van der Waals surface area contributed by atoms with Gasteiger partial charge in [-0.05, 0) is 54.7 Å². The molecule has 17 heavy (non-hydrogen) atoms. The van der Waals surface area contributed by atoms with E-state index in [1.807, 2.05) is 0 Å². The number of fused-ring (bicyclic) bond motifs is 1. The van der Waals surface area contributed by atoms with E-state index < -0.39 is 0 Å². The molecule has 0 unspecified atom stereocenters. The molecular weight excluding hydrogens is 206 g/mol. The Bertz CT molecular complexity index is 416. The molecule has 2 aliphatic rings. The fourth-order valence-electron chi connectivity index (χ4n) is 3.52. The van der Waals surface area contributed by atoms with E-state index in [-0.39, 0.29) is 0 Å². The summed E-state index contributed by atoms with van der Waals surface area (Å²) in [6.45, 7) is 0. The Morgan fingerprint density at radius 2 is 1.82 bits per heavy atom. The topological polar surface area (TPSA) is 3.24 Å². The van der Waals surface area contributed by atoms with Crippen LogP contribution >= 0.6 is 0 Å². The lowest BCUT2D eigenvalue weighted by molar-refractivity contribution is 0.449. The second-order valence-electron chi connectivity index (χ2n) is 5.66. The maximum Gasteiger partial charge on any atom is 0.0361 e. The number of allylic oxidation sites excluding steroid dienone is 2. The molecule has 0 N–H and O–H groups in total. The van der Waals surface area contributed by atoms with Crippen molar-refractivity contribution in [2.75, 3.05) is 19.0 Å². The highest BCUT2D eigenvalue weighted by Gasteiger charge is 2.36. The molecule has 0 aliphatic heterocycles. The van der Waals surface area contributed by atoms with Crippen molar-refractivity contribution in [3.05, 3.63) is 42.0 Å². The molecule has 1 aromatic rings. The lowest BCUT2D eigenvalue weighted by Crippen LogP contribution is -2.10. The van der Waals surface area contributed by atoms with Crippen LogP contribution in [-0.2, 0) is 0 Å². The third kappa shape index (κ3) is 1.88. The molecule has 0 aromatic heterocycles. The van der Waals surface area contributed by atoms with E-state index in [4.69, 9.17) is 0 Å². The zero-order valence-electron chi connectivity index (χ0n) is 10.8. The minimum absolute atomic E-state index is 0.797. The van der Waals surface area contributed by atoms with E-state index in [0.717, 1.165) is 17.8 Å². The van der Waals surface area contributed by atoms with Crippen molar-refractivity contribution in [3.63, 3.8) is 0 Å². The molecule has 1 fully saturated rings. The van der Waals surface area contributed by atoms with Gasteiger partial charge in [-0.3, -0.25) is 0 Å². The van der Waals surface area contributed by atoms with Gasteiger partial charge in [0.2, 0.25) is 0 Å². The van der Waals surface area contributed by atoms with Crippen LogP contribution in [0.1, 0.15) is 30.7 Å². The molecule has 90 valence electrons. The zero-order valence-corrected chi connectivity index (χ0v) is 10.8. The first-order valence-corrected chi connectivity index (χ1v) is 6.69. The molecule has 0 heterocycles. The molecule has 2 aliphatic carbocycles. The minimum Gasteiger partial charge on any atom is -0.378 e. The highest BCUT2D eigenvalue weighted by molar-refractivity contribution is 5.47. The summed E-state index contributed by atoms with van der Waals surface area (Å²) in [5, 5.41) is 0. The fourth-order valence-corrected chi connectivity index (χ4v) is 3.52. The number of rotatable bonds is 2. The second kappa shape index (κ2) is 4.21. The van der Waals surface area contributed by atoms with Crippen LogP contribution in [0.2, 0.25) is 0 Å². The van der Waals surface area contributed by atoms with Crippen molar-refractivity contribution in [3.8, 4) is 0 Å². The number of benzene rings is 1. The van der Waals surface area contributed by atoms with E-state index in [1.165, 1.54) is 24.9 Å². The quantitative estimate of drug-likeness (QED) is 0.694. The molecule has 0 saturated heterocycles. The zero-order chi connectivity index (χ0) is 11.8. The highest BCUT2D eigenvalue weighted by atomic mass is 15.1. The van der Waals surface area contributed by atoms with Crippen LogP contribution in [0.3, 0.4) is 0 Å². The average molecular weight is 227 g/mol. The van der Waals surface area contributed by atoms with Crippen LogP contribution in [0, 0.1) is 11.8 Å². The predicted octanol–water partition coefficient (Wildman–Crippen LogP) is 3.82. The third-order valence-electron chi connectivity index (χ3n) is 4.51. The first-order chi connectivity index (χ1) is 8.25. The Hall–Kier alpha value is -1.24. The standard InChI is InChI=1S/C16H21N/c1-17(2)14-9-6-13(7-10-14)16-11-8-12-4-3-5-15(12)16/h3-4,6-7,9-10,12,15-16H,5,8,11H2,1-2H3/t12-,15-,16+/m1/s1. The summed E-state index contributed by atoms with van der Waals surface area (Å²) < 4.78 is 0. The van der Waals surface area contributed by atoms with Gasteiger partial charge in [0.25, 0.3) is 0 Å². The Morgan fingerprint density at radius 1 is 1.06 bits per heavy atom. The summed E-state index contributed by atoms with van der Waals surface area (Å²) >= 11 is 0. The van der Waals surface area contributed by atoms with Gasteiger partial charge in [-0.15, -0.1) is 0 Å². The van der Waals surface area contributed by atoms with Crippen LogP contribution in [0.15, 0.2) is 36.4 Å². The number of hydrogen-bond acceptors (Lipinski definition) is 1. The van der Waals surface area contributed by atoms with Gasteiger partial charge in [0.05, 0.1) is 0 Å². The molecule has 0 bridgehead atoms. The highest BCUT2D eigenvalue weighted by Crippen LogP contribution is 2.49. The summed E-state index contributed by atoms with van der Waals surface area (Å²) in [5.41, 5.74) is 2.85. The fraction of sp³-hybridized carbons (Fsp3) is 0.500. The van der Waals surface area contributed by atoms with Crippen LogP contribution < -0.4 is 4.90 Å². The molecule has 1 saturated carbocycles. The minimum atomic E-state index is 0.797. The first kappa shape index (κ1) is 10.9. The summed E-state index contributed by atoms with van der Waals surface area (Å²) in [6.07, 6.45) is 8.89. The number of anilines is 1. The molecule has 1 aromatic carbocycles. The van der Waals surface area contributed by atoms with Gasteiger partial charge < -0.3 is 4.90 Å². The molecule has 3 atom stereocenters. The van der Waals surface area contributed by atoms with Crippen LogP contribution in [0.5, 0.6) is 0 Å². The second-order valence-corrected chi connectivity index (χ2v) is 5.66. The van der Waals surface area contributed by atoms with Gasteiger partial charge in [0.1, 0.15) is 0 Å². The number of nitrogens with zero attached hydrogens (tertiary/aromatic N) is 1. The van der Waals surface area contributed by atoms with E-state index in [1.54, 1.807) is 5.56 Å². The largest absolute Gasteiger partial charge is 0.378 e. The van der Waals surface area contributed by atoms with E-state index >= 15 is 0 Å². The van der Waals surface area contributed by atoms with E-state index in [2.05, 4.69) is 55.4 Å². The molecular formula is C16H21N. The molecule has 0 amide bonds. The van der Waals surface area contributed by atoms with Crippen molar-refractivity contribution in [1.82, 2.24) is 0 Å². The van der Waals surface area contributed by atoms with Crippen molar-refractivity contribution >= 4 is 5.69 Å². The van der Waals surface area contributed by atoms with Crippen molar-refractivity contribution in [2.24, 2.45) is 11.8 Å². The van der Waals surface area contributed by atoms with Crippen molar-refractivity contribution in [2.45, 2.75) is 25.2 Å². The monoisotopic (exact) mass is 227 g/mol. The van der Waals surface area contributed by atoms with E-state index in [9.17, 15) is 0 Å². The number of hydrogen-bond donors (Lipinski definition) is 0. The smallest absolute Gasteiger partial charge is 0.0361 e.